The number of aryl methyl sites for hydroxylation is 1. The van der Waals surface area contributed by atoms with E-state index in [1.165, 1.54) is 17.4 Å². The second-order valence-corrected chi connectivity index (χ2v) is 7.67. The number of amides is 1. The van der Waals surface area contributed by atoms with Gasteiger partial charge in [0.05, 0.1) is 17.4 Å². The molecule has 8 nitrogen and oxygen atoms in total. The predicted molar refractivity (Wildman–Crippen MR) is 109 cm³/mol. The van der Waals surface area contributed by atoms with E-state index in [1.54, 1.807) is 16.9 Å². The highest BCUT2D eigenvalue weighted by molar-refractivity contribution is 5.97. The van der Waals surface area contributed by atoms with Gasteiger partial charge in [0.1, 0.15) is 6.33 Å². The number of rotatable bonds is 3. The fourth-order valence-electron chi connectivity index (χ4n) is 3.78. The highest BCUT2D eigenvalue weighted by atomic mass is 19.3. The van der Waals surface area contributed by atoms with Crippen LogP contribution in [0.4, 0.5) is 8.78 Å². The average molecular weight is 423 g/mol. The van der Waals surface area contributed by atoms with Crippen molar-refractivity contribution < 1.29 is 13.6 Å². The first kappa shape index (κ1) is 19.3. The van der Waals surface area contributed by atoms with E-state index < -0.39 is 5.92 Å². The van der Waals surface area contributed by atoms with E-state index in [1.807, 2.05) is 25.1 Å². The van der Waals surface area contributed by atoms with Gasteiger partial charge in [0.2, 0.25) is 0 Å². The van der Waals surface area contributed by atoms with Crippen LogP contribution in [0.25, 0.3) is 28.1 Å². The van der Waals surface area contributed by atoms with Crippen LogP contribution in [0.15, 0.2) is 43.0 Å². The molecule has 0 unspecified atom stereocenters. The first-order valence-corrected chi connectivity index (χ1v) is 9.89. The SMILES string of the molecule is Cc1ccc(-n2ncc3cc(C(=O)N4CCC(F)(F)CC4)cnc32)cc1-c1ncn[nH]1. The molecule has 0 saturated carbocycles. The number of nitrogens with zero attached hydrogens (tertiary/aromatic N) is 6. The molecule has 3 aromatic heterocycles. The molecule has 31 heavy (non-hydrogen) atoms. The van der Waals surface area contributed by atoms with Crippen molar-refractivity contribution in [3.05, 3.63) is 54.1 Å². The molecule has 1 N–H and O–H groups in total. The zero-order chi connectivity index (χ0) is 21.6. The Balaban J connectivity index is 1.45. The first-order valence-electron chi connectivity index (χ1n) is 9.89. The van der Waals surface area contributed by atoms with Crippen LogP contribution in [0.2, 0.25) is 0 Å². The molecule has 158 valence electrons. The molecule has 1 saturated heterocycles. The molecule has 5 rings (SSSR count). The molecule has 4 heterocycles. The summed E-state index contributed by atoms with van der Waals surface area (Å²) in [6.45, 7) is 2.06. The molecule has 1 aliphatic heterocycles. The van der Waals surface area contributed by atoms with E-state index in [9.17, 15) is 13.6 Å². The van der Waals surface area contributed by atoms with Crippen LogP contribution < -0.4 is 0 Å². The molecule has 0 bridgehead atoms. The first-order chi connectivity index (χ1) is 14.9. The number of aromatic nitrogens is 6. The molecular weight excluding hydrogens is 404 g/mol. The van der Waals surface area contributed by atoms with Gasteiger partial charge in [-0.2, -0.15) is 10.2 Å². The maximum absolute atomic E-state index is 13.4. The Morgan fingerprint density at radius 1 is 1.13 bits per heavy atom. The summed E-state index contributed by atoms with van der Waals surface area (Å²) < 4.78 is 28.5. The number of carbonyl (C=O) groups is 1. The van der Waals surface area contributed by atoms with Gasteiger partial charge in [0, 0.05) is 43.1 Å². The van der Waals surface area contributed by atoms with Crippen LogP contribution >= 0.6 is 0 Å². The van der Waals surface area contributed by atoms with Crippen LogP contribution in [0.5, 0.6) is 0 Å². The number of halogens is 2. The lowest BCUT2D eigenvalue weighted by Crippen LogP contribution is -2.42. The fourth-order valence-corrected chi connectivity index (χ4v) is 3.78. The second-order valence-electron chi connectivity index (χ2n) is 7.67. The molecule has 0 aliphatic carbocycles. The second kappa shape index (κ2) is 7.22. The predicted octanol–water partition coefficient (Wildman–Crippen LogP) is 3.39. The molecule has 0 radical (unpaired) electrons. The Bertz CT molecular complexity index is 1260. The summed E-state index contributed by atoms with van der Waals surface area (Å²) in [6.07, 6.45) is 3.94. The molecule has 4 aromatic rings. The van der Waals surface area contributed by atoms with Gasteiger partial charge in [-0.25, -0.2) is 23.4 Å². The van der Waals surface area contributed by atoms with Gasteiger partial charge in [-0.15, -0.1) is 0 Å². The summed E-state index contributed by atoms with van der Waals surface area (Å²) in [7, 11) is 0. The summed E-state index contributed by atoms with van der Waals surface area (Å²) in [5, 5.41) is 11.9. The Kier molecular flexibility index (Phi) is 4.49. The third-order valence-corrected chi connectivity index (χ3v) is 5.57. The molecule has 1 amide bonds. The van der Waals surface area contributed by atoms with Gasteiger partial charge in [-0.05, 0) is 30.7 Å². The zero-order valence-electron chi connectivity index (χ0n) is 16.7. The van der Waals surface area contributed by atoms with Crippen molar-refractivity contribution >= 4 is 16.9 Å². The molecule has 1 aromatic carbocycles. The number of alkyl halides is 2. The Morgan fingerprint density at radius 2 is 1.94 bits per heavy atom. The number of carbonyl (C=O) groups excluding carboxylic acids is 1. The Labute approximate surface area is 175 Å². The highest BCUT2D eigenvalue weighted by Crippen LogP contribution is 2.29. The quantitative estimate of drug-likeness (QED) is 0.545. The average Bonchev–Trinajstić information content (AvgIpc) is 3.43. The van der Waals surface area contributed by atoms with Gasteiger partial charge < -0.3 is 4.90 Å². The van der Waals surface area contributed by atoms with Gasteiger partial charge >= 0.3 is 0 Å². The number of benzene rings is 1. The molecule has 1 aliphatic rings. The smallest absolute Gasteiger partial charge is 0.255 e. The van der Waals surface area contributed by atoms with Crippen LogP contribution in [0.1, 0.15) is 28.8 Å². The topological polar surface area (TPSA) is 92.6 Å². The number of aromatic amines is 1. The summed E-state index contributed by atoms with van der Waals surface area (Å²) in [4.78, 5) is 22.9. The third kappa shape index (κ3) is 3.54. The largest absolute Gasteiger partial charge is 0.338 e. The van der Waals surface area contributed by atoms with Crippen molar-refractivity contribution in [3.8, 4) is 17.1 Å². The van der Waals surface area contributed by atoms with Crippen molar-refractivity contribution in [2.24, 2.45) is 0 Å². The van der Waals surface area contributed by atoms with E-state index >= 15 is 0 Å². The Morgan fingerprint density at radius 3 is 2.68 bits per heavy atom. The Hall–Kier alpha value is -3.69. The molecule has 0 atom stereocenters. The van der Waals surface area contributed by atoms with Gasteiger partial charge in [0.15, 0.2) is 11.5 Å². The summed E-state index contributed by atoms with van der Waals surface area (Å²) >= 11 is 0. The zero-order valence-corrected chi connectivity index (χ0v) is 16.7. The van der Waals surface area contributed by atoms with E-state index in [-0.39, 0.29) is 31.8 Å². The van der Waals surface area contributed by atoms with Crippen molar-refractivity contribution in [1.82, 2.24) is 34.8 Å². The summed E-state index contributed by atoms with van der Waals surface area (Å²) in [6, 6.07) is 7.53. The number of hydrogen-bond donors (Lipinski definition) is 1. The molecule has 10 heteroatoms. The number of nitrogens with one attached hydrogen (secondary N) is 1. The lowest BCUT2D eigenvalue weighted by molar-refractivity contribution is -0.0494. The maximum atomic E-state index is 13.4. The van der Waals surface area contributed by atoms with Crippen molar-refractivity contribution in [2.75, 3.05) is 13.1 Å². The van der Waals surface area contributed by atoms with Crippen LogP contribution in [0.3, 0.4) is 0 Å². The number of piperidine rings is 1. The van der Waals surface area contributed by atoms with Gasteiger partial charge in [0.25, 0.3) is 11.8 Å². The monoisotopic (exact) mass is 423 g/mol. The summed E-state index contributed by atoms with van der Waals surface area (Å²) in [5.41, 5.74) is 3.67. The number of pyridine rings is 1. The number of H-pyrrole nitrogens is 1. The van der Waals surface area contributed by atoms with E-state index in [0.717, 1.165) is 16.8 Å². The minimum atomic E-state index is -2.70. The van der Waals surface area contributed by atoms with Gasteiger partial charge in [-0.1, -0.05) is 6.07 Å². The van der Waals surface area contributed by atoms with Crippen LogP contribution in [0, 0.1) is 6.92 Å². The molecule has 1 fully saturated rings. The minimum absolute atomic E-state index is 0.0386. The van der Waals surface area contributed by atoms with E-state index in [2.05, 4.69) is 25.3 Å². The van der Waals surface area contributed by atoms with Crippen molar-refractivity contribution in [2.45, 2.75) is 25.7 Å². The van der Waals surface area contributed by atoms with Crippen molar-refractivity contribution in [1.29, 1.82) is 0 Å². The van der Waals surface area contributed by atoms with Crippen LogP contribution in [-0.2, 0) is 0 Å². The molecule has 0 spiro atoms. The van der Waals surface area contributed by atoms with Gasteiger partial charge in [-0.3, -0.25) is 9.89 Å². The standard InChI is InChI=1S/C21H19F2N7O/c1-13-2-3-16(9-17(13)18-25-12-26-28-18)30-19-14(11-27-30)8-15(10-24-19)20(31)29-6-4-21(22,23)5-7-29/h2-3,8-12H,4-7H2,1H3,(H,25,26,28). The minimum Gasteiger partial charge on any atom is -0.338 e. The van der Waals surface area contributed by atoms with Crippen LogP contribution in [-0.4, -0.2) is 59.8 Å². The number of hydrogen-bond acceptors (Lipinski definition) is 5. The summed E-state index contributed by atoms with van der Waals surface area (Å²) in [5.74, 6) is -2.33. The lowest BCUT2D eigenvalue weighted by atomic mass is 10.1. The normalized spacial score (nSPS) is 16.0. The fraction of sp³-hybridized carbons (Fsp3) is 0.286. The highest BCUT2D eigenvalue weighted by Gasteiger charge is 2.35. The maximum Gasteiger partial charge on any atom is 0.255 e. The molecular formula is C21H19F2N7O. The third-order valence-electron chi connectivity index (χ3n) is 5.57. The number of fused-ring (bicyclic) bond motifs is 1. The lowest BCUT2D eigenvalue weighted by Gasteiger charge is -2.31. The van der Waals surface area contributed by atoms with E-state index in [4.69, 9.17) is 0 Å². The van der Waals surface area contributed by atoms with Crippen molar-refractivity contribution in [3.63, 3.8) is 0 Å². The number of likely N-dealkylation sites (tertiary alicyclic amines) is 1. The van der Waals surface area contributed by atoms with E-state index in [0.29, 0.717) is 22.4 Å².